The van der Waals surface area contributed by atoms with Gasteiger partial charge in [0.25, 0.3) is 0 Å². The monoisotopic (exact) mass is 200 g/mol. The minimum absolute atomic E-state index is 0.00493. The van der Waals surface area contributed by atoms with E-state index in [1.807, 2.05) is 0 Å². The fourth-order valence-electron chi connectivity index (χ4n) is 1.51. The van der Waals surface area contributed by atoms with Crippen molar-refractivity contribution in [2.75, 3.05) is 33.4 Å². The van der Waals surface area contributed by atoms with Crippen LogP contribution in [-0.2, 0) is 14.3 Å². The van der Waals surface area contributed by atoms with Crippen molar-refractivity contribution in [3.8, 4) is 0 Å². The Hall–Kier alpha value is -0.940. The van der Waals surface area contributed by atoms with Crippen LogP contribution in [0.1, 0.15) is 6.42 Å². The van der Waals surface area contributed by atoms with Crippen molar-refractivity contribution < 1.29 is 14.3 Å². The fourth-order valence-corrected chi connectivity index (χ4v) is 1.51. The maximum Gasteiger partial charge on any atom is 0.231 e. The van der Waals surface area contributed by atoms with E-state index in [1.165, 1.54) is 0 Å². The van der Waals surface area contributed by atoms with Crippen molar-refractivity contribution in [1.29, 1.82) is 0 Å². The van der Waals surface area contributed by atoms with E-state index in [-0.39, 0.29) is 24.8 Å². The Bertz CT molecular complexity index is 224. The van der Waals surface area contributed by atoms with Gasteiger partial charge in [-0.25, -0.2) is 0 Å². The molecule has 0 saturated carbocycles. The Morgan fingerprint density at radius 3 is 2.71 bits per heavy atom. The number of carbonyl (C=O) groups excluding carboxylic acids is 2. The molecule has 1 amide bonds. The molecular formula is C9H16N2O3. The quantitative estimate of drug-likeness (QED) is 0.618. The summed E-state index contributed by atoms with van der Waals surface area (Å²) >= 11 is 0. The first-order chi connectivity index (χ1) is 6.59. The molecule has 0 spiro atoms. The SMILES string of the molecule is CN(CC(N)=O)CC(=O)C1CCOC1. The number of nitrogens with zero attached hydrogens (tertiary/aromatic N) is 1. The Morgan fingerprint density at radius 1 is 1.50 bits per heavy atom. The smallest absolute Gasteiger partial charge is 0.231 e. The summed E-state index contributed by atoms with van der Waals surface area (Å²) in [5, 5.41) is 0. The first kappa shape index (κ1) is 11.1. The largest absolute Gasteiger partial charge is 0.381 e. The zero-order valence-electron chi connectivity index (χ0n) is 8.36. The van der Waals surface area contributed by atoms with Gasteiger partial charge in [-0.2, -0.15) is 0 Å². The number of Topliss-reactive ketones (excluding diaryl/α,β-unsaturated/α-hetero) is 1. The van der Waals surface area contributed by atoms with Gasteiger partial charge in [0.15, 0.2) is 5.78 Å². The number of hydrogen-bond acceptors (Lipinski definition) is 4. The molecule has 1 atom stereocenters. The van der Waals surface area contributed by atoms with E-state index in [9.17, 15) is 9.59 Å². The van der Waals surface area contributed by atoms with Crippen LogP contribution in [0.15, 0.2) is 0 Å². The lowest BCUT2D eigenvalue weighted by Crippen LogP contribution is -2.36. The summed E-state index contributed by atoms with van der Waals surface area (Å²) in [7, 11) is 1.71. The number of ether oxygens (including phenoxy) is 1. The normalized spacial score (nSPS) is 21.4. The molecule has 0 aromatic rings. The van der Waals surface area contributed by atoms with Crippen molar-refractivity contribution in [3.05, 3.63) is 0 Å². The molecular weight excluding hydrogens is 184 g/mol. The zero-order chi connectivity index (χ0) is 10.6. The van der Waals surface area contributed by atoms with Crippen molar-refractivity contribution >= 4 is 11.7 Å². The van der Waals surface area contributed by atoms with Gasteiger partial charge >= 0.3 is 0 Å². The molecule has 0 aromatic heterocycles. The first-order valence-electron chi connectivity index (χ1n) is 4.67. The standard InChI is InChI=1S/C9H16N2O3/c1-11(5-9(10)13)4-8(12)7-2-3-14-6-7/h7H,2-6H2,1H3,(H2,10,13). The third-order valence-corrected chi connectivity index (χ3v) is 2.24. The molecule has 1 rings (SSSR count). The van der Waals surface area contributed by atoms with E-state index >= 15 is 0 Å². The Kier molecular flexibility index (Phi) is 4.03. The molecule has 1 aliphatic heterocycles. The summed E-state index contributed by atoms with van der Waals surface area (Å²) in [6, 6.07) is 0. The van der Waals surface area contributed by atoms with Gasteiger partial charge in [-0.05, 0) is 13.5 Å². The maximum atomic E-state index is 11.6. The molecule has 5 heteroatoms. The number of rotatable bonds is 5. The predicted octanol–water partition coefficient (Wildman–Crippen LogP) is -0.991. The molecule has 0 radical (unpaired) electrons. The minimum Gasteiger partial charge on any atom is -0.381 e. The Balaban J connectivity index is 2.28. The number of ketones is 1. The highest BCUT2D eigenvalue weighted by Crippen LogP contribution is 2.13. The van der Waals surface area contributed by atoms with Gasteiger partial charge in [0.1, 0.15) is 0 Å². The van der Waals surface area contributed by atoms with Crippen LogP contribution in [0.2, 0.25) is 0 Å². The van der Waals surface area contributed by atoms with Gasteiger partial charge in [-0.3, -0.25) is 14.5 Å². The number of carbonyl (C=O) groups is 2. The second-order valence-electron chi connectivity index (χ2n) is 3.67. The van der Waals surface area contributed by atoms with Gasteiger partial charge in [0, 0.05) is 12.5 Å². The van der Waals surface area contributed by atoms with E-state index in [0.29, 0.717) is 13.2 Å². The molecule has 0 aliphatic carbocycles. The fraction of sp³-hybridized carbons (Fsp3) is 0.778. The number of primary amides is 1. The molecule has 1 saturated heterocycles. The van der Waals surface area contributed by atoms with Gasteiger partial charge in [0.05, 0.1) is 19.7 Å². The predicted molar refractivity (Wildman–Crippen MR) is 50.6 cm³/mol. The van der Waals surface area contributed by atoms with E-state index in [2.05, 4.69) is 0 Å². The van der Waals surface area contributed by atoms with Gasteiger partial charge < -0.3 is 10.5 Å². The number of likely N-dealkylation sites (N-methyl/N-ethyl adjacent to an activating group) is 1. The van der Waals surface area contributed by atoms with Crippen molar-refractivity contribution in [3.63, 3.8) is 0 Å². The molecule has 1 heterocycles. The highest BCUT2D eigenvalue weighted by atomic mass is 16.5. The van der Waals surface area contributed by atoms with Crippen LogP contribution in [0, 0.1) is 5.92 Å². The average Bonchev–Trinajstić information content (AvgIpc) is 2.53. The topological polar surface area (TPSA) is 72.6 Å². The Labute approximate surface area is 83.2 Å². The summed E-state index contributed by atoms with van der Waals surface area (Å²) in [5.41, 5.74) is 5.01. The average molecular weight is 200 g/mol. The number of nitrogens with two attached hydrogens (primary N) is 1. The minimum atomic E-state index is -0.414. The highest BCUT2D eigenvalue weighted by molar-refractivity contribution is 5.84. The van der Waals surface area contributed by atoms with E-state index < -0.39 is 5.91 Å². The van der Waals surface area contributed by atoms with Gasteiger partial charge in [0.2, 0.25) is 5.91 Å². The van der Waals surface area contributed by atoms with Crippen molar-refractivity contribution in [2.24, 2.45) is 11.7 Å². The van der Waals surface area contributed by atoms with Gasteiger partial charge in [-0.1, -0.05) is 0 Å². The molecule has 0 aromatic carbocycles. The Morgan fingerprint density at radius 2 is 2.21 bits per heavy atom. The van der Waals surface area contributed by atoms with E-state index in [4.69, 9.17) is 10.5 Å². The van der Waals surface area contributed by atoms with Crippen LogP contribution in [0.3, 0.4) is 0 Å². The number of hydrogen-bond donors (Lipinski definition) is 1. The van der Waals surface area contributed by atoms with E-state index in [0.717, 1.165) is 6.42 Å². The van der Waals surface area contributed by atoms with Gasteiger partial charge in [-0.15, -0.1) is 0 Å². The lowest BCUT2D eigenvalue weighted by atomic mass is 10.0. The number of amides is 1. The van der Waals surface area contributed by atoms with Crippen molar-refractivity contribution in [1.82, 2.24) is 4.90 Å². The zero-order valence-corrected chi connectivity index (χ0v) is 8.36. The first-order valence-corrected chi connectivity index (χ1v) is 4.67. The summed E-state index contributed by atoms with van der Waals surface area (Å²) in [5.74, 6) is -0.278. The van der Waals surface area contributed by atoms with Crippen LogP contribution in [-0.4, -0.2) is 49.9 Å². The summed E-state index contributed by atoms with van der Waals surface area (Å²) in [4.78, 5) is 23.7. The molecule has 1 fully saturated rings. The third kappa shape index (κ3) is 3.43. The second kappa shape index (κ2) is 5.07. The molecule has 2 N–H and O–H groups in total. The molecule has 80 valence electrons. The molecule has 0 bridgehead atoms. The van der Waals surface area contributed by atoms with Crippen LogP contribution in [0.4, 0.5) is 0 Å². The third-order valence-electron chi connectivity index (χ3n) is 2.24. The van der Waals surface area contributed by atoms with Crippen molar-refractivity contribution in [2.45, 2.75) is 6.42 Å². The summed E-state index contributed by atoms with van der Waals surface area (Å²) in [6.07, 6.45) is 0.795. The maximum absolute atomic E-state index is 11.6. The van der Waals surface area contributed by atoms with Crippen LogP contribution in [0.25, 0.3) is 0 Å². The summed E-state index contributed by atoms with van der Waals surface area (Å²) in [6.45, 7) is 1.58. The molecule has 1 aliphatic rings. The summed E-state index contributed by atoms with van der Waals surface area (Å²) < 4.78 is 5.11. The molecule has 14 heavy (non-hydrogen) atoms. The lowest BCUT2D eigenvalue weighted by molar-refractivity contribution is -0.124. The lowest BCUT2D eigenvalue weighted by Gasteiger charge is -2.15. The second-order valence-corrected chi connectivity index (χ2v) is 3.67. The van der Waals surface area contributed by atoms with Crippen LogP contribution >= 0.6 is 0 Å². The molecule has 5 nitrogen and oxygen atoms in total. The highest BCUT2D eigenvalue weighted by Gasteiger charge is 2.24. The van der Waals surface area contributed by atoms with Crippen LogP contribution < -0.4 is 5.73 Å². The van der Waals surface area contributed by atoms with E-state index in [1.54, 1.807) is 11.9 Å². The molecule has 1 unspecified atom stereocenters. The van der Waals surface area contributed by atoms with Crippen LogP contribution in [0.5, 0.6) is 0 Å².